The molecule has 0 amide bonds. The van der Waals surface area contributed by atoms with Gasteiger partial charge in [-0.1, -0.05) is 19.9 Å². The molecule has 3 heteroatoms. The number of piperidine rings is 1. The predicted octanol–water partition coefficient (Wildman–Crippen LogP) is 2.60. The van der Waals surface area contributed by atoms with Crippen LogP contribution >= 0.6 is 0 Å². The van der Waals surface area contributed by atoms with Crippen LogP contribution in [0, 0.1) is 12.8 Å². The lowest BCUT2D eigenvalue weighted by Crippen LogP contribution is -2.41. The first kappa shape index (κ1) is 13.3. The van der Waals surface area contributed by atoms with Gasteiger partial charge in [0, 0.05) is 25.3 Å². The summed E-state index contributed by atoms with van der Waals surface area (Å²) in [5.74, 6) is 1.89. The Morgan fingerprint density at radius 2 is 2.28 bits per heavy atom. The molecule has 1 unspecified atom stereocenters. The first-order valence-corrected chi connectivity index (χ1v) is 7.06. The zero-order chi connectivity index (χ0) is 13.0. The van der Waals surface area contributed by atoms with Crippen molar-refractivity contribution in [3.63, 3.8) is 0 Å². The molecule has 100 valence electrons. The van der Waals surface area contributed by atoms with Gasteiger partial charge in [-0.25, -0.2) is 4.98 Å². The molecule has 1 aromatic heterocycles. The van der Waals surface area contributed by atoms with E-state index in [1.165, 1.54) is 18.4 Å². The molecule has 0 radical (unpaired) electrons. The number of hydrogen-bond donors (Lipinski definition) is 1. The molecule has 1 atom stereocenters. The quantitative estimate of drug-likeness (QED) is 0.886. The van der Waals surface area contributed by atoms with E-state index in [2.05, 4.69) is 48.1 Å². The van der Waals surface area contributed by atoms with Gasteiger partial charge in [-0.3, -0.25) is 0 Å². The minimum absolute atomic E-state index is 0.581. The lowest BCUT2D eigenvalue weighted by molar-refractivity contribution is 0.378. The van der Waals surface area contributed by atoms with Gasteiger partial charge in [0.1, 0.15) is 5.82 Å². The third-order valence-corrected chi connectivity index (χ3v) is 3.55. The van der Waals surface area contributed by atoms with E-state index in [4.69, 9.17) is 0 Å². The molecule has 0 aromatic carbocycles. The van der Waals surface area contributed by atoms with Gasteiger partial charge in [-0.05, 0) is 43.9 Å². The number of hydrogen-bond acceptors (Lipinski definition) is 3. The van der Waals surface area contributed by atoms with Crippen LogP contribution in [0.5, 0.6) is 0 Å². The molecule has 1 aliphatic rings. The summed E-state index contributed by atoms with van der Waals surface area (Å²) in [7, 11) is 0. The summed E-state index contributed by atoms with van der Waals surface area (Å²) in [6.45, 7) is 9.91. The van der Waals surface area contributed by atoms with Crippen molar-refractivity contribution in [2.24, 2.45) is 5.92 Å². The van der Waals surface area contributed by atoms with E-state index in [1.807, 2.05) is 6.20 Å². The van der Waals surface area contributed by atoms with E-state index >= 15 is 0 Å². The van der Waals surface area contributed by atoms with Crippen molar-refractivity contribution < 1.29 is 0 Å². The average molecular weight is 247 g/mol. The summed E-state index contributed by atoms with van der Waals surface area (Å²) in [5.41, 5.74) is 1.23. The van der Waals surface area contributed by atoms with E-state index in [-0.39, 0.29) is 0 Å². The van der Waals surface area contributed by atoms with Crippen LogP contribution in [0.3, 0.4) is 0 Å². The molecular formula is C15H25N3. The Balaban J connectivity index is 1.91. The van der Waals surface area contributed by atoms with Crippen LogP contribution in [-0.2, 0) is 0 Å². The van der Waals surface area contributed by atoms with E-state index in [1.54, 1.807) is 0 Å². The normalized spacial score (nSPS) is 20.4. The van der Waals surface area contributed by atoms with Crippen LogP contribution < -0.4 is 10.2 Å². The average Bonchev–Trinajstić information content (AvgIpc) is 2.37. The maximum Gasteiger partial charge on any atom is 0.128 e. The van der Waals surface area contributed by atoms with Gasteiger partial charge in [0.2, 0.25) is 0 Å². The standard InChI is InChI=1S/C15H25N3/c1-12(2)16-10-14-5-4-8-18(11-14)15-7-6-13(3)9-17-15/h6-7,9,12,14,16H,4-5,8,10-11H2,1-3H3. The van der Waals surface area contributed by atoms with Crippen LogP contribution in [0.25, 0.3) is 0 Å². The molecular weight excluding hydrogens is 222 g/mol. The van der Waals surface area contributed by atoms with Gasteiger partial charge in [0.25, 0.3) is 0 Å². The fraction of sp³-hybridized carbons (Fsp3) is 0.667. The zero-order valence-electron chi connectivity index (χ0n) is 11.8. The lowest BCUT2D eigenvalue weighted by atomic mass is 9.97. The molecule has 0 bridgehead atoms. The first-order chi connectivity index (χ1) is 8.65. The van der Waals surface area contributed by atoms with Crippen molar-refractivity contribution >= 4 is 5.82 Å². The molecule has 1 aromatic rings. The highest BCUT2D eigenvalue weighted by Gasteiger charge is 2.20. The van der Waals surface area contributed by atoms with Crippen molar-refractivity contribution in [3.05, 3.63) is 23.9 Å². The fourth-order valence-electron chi connectivity index (χ4n) is 2.49. The van der Waals surface area contributed by atoms with Crippen LogP contribution in [0.2, 0.25) is 0 Å². The number of anilines is 1. The summed E-state index contributed by atoms with van der Waals surface area (Å²) in [6.07, 6.45) is 4.58. The fourth-order valence-corrected chi connectivity index (χ4v) is 2.49. The molecule has 3 nitrogen and oxygen atoms in total. The molecule has 2 heterocycles. The highest BCUT2D eigenvalue weighted by molar-refractivity contribution is 5.39. The summed E-state index contributed by atoms with van der Waals surface area (Å²) in [5, 5.41) is 3.55. The van der Waals surface area contributed by atoms with Crippen molar-refractivity contribution in [2.45, 2.75) is 39.7 Å². The van der Waals surface area contributed by atoms with Crippen molar-refractivity contribution in [3.8, 4) is 0 Å². The molecule has 1 aliphatic heterocycles. The van der Waals surface area contributed by atoms with Crippen molar-refractivity contribution in [2.75, 3.05) is 24.5 Å². The Kier molecular flexibility index (Phi) is 4.59. The summed E-state index contributed by atoms with van der Waals surface area (Å²) < 4.78 is 0. The molecule has 18 heavy (non-hydrogen) atoms. The Morgan fingerprint density at radius 3 is 2.94 bits per heavy atom. The van der Waals surface area contributed by atoms with Crippen LogP contribution in [0.1, 0.15) is 32.3 Å². The monoisotopic (exact) mass is 247 g/mol. The van der Waals surface area contributed by atoms with Gasteiger partial charge in [-0.15, -0.1) is 0 Å². The molecule has 0 saturated carbocycles. The van der Waals surface area contributed by atoms with Gasteiger partial charge in [-0.2, -0.15) is 0 Å². The van der Waals surface area contributed by atoms with Gasteiger partial charge in [0.05, 0.1) is 0 Å². The zero-order valence-corrected chi connectivity index (χ0v) is 11.8. The number of pyridine rings is 1. The maximum atomic E-state index is 4.54. The van der Waals surface area contributed by atoms with E-state index < -0.39 is 0 Å². The van der Waals surface area contributed by atoms with Crippen molar-refractivity contribution in [1.82, 2.24) is 10.3 Å². The minimum Gasteiger partial charge on any atom is -0.356 e. The number of aromatic nitrogens is 1. The molecule has 0 aliphatic carbocycles. The Hall–Kier alpha value is -1.09. The van der Waals surface area contributed by atoms with Gasteiger partial charge in [0.15, 0.2) is 0 Å². The summed E-state index contributed by atoms with van der Waals surface area (Å²) in [4.78, 5) is 6.96. The maximum absolute atomic E-state index is 4.54. The predicted molar refractivity (Wildman–Crippen MR) is 77.0 cm³/mol. The second kappa shape index (κ2) is 6.19. The number of nitrogens with one attached hydrogen (secondary N) is 1. The van der Waals surface area contributed by atoms with Gasteiger partial charge >= 0.3 is 0 Å². The van der Waals surface area contributed by atoms with E-state index in [0.29, 0.717) is 6.04 Å². The molecule has 1 fully saturated rings. The van der Waals surface area contributed by atoms with E-state index in [0.717, 1.165) is 31.4 Å². The second-order valence-electron chi connectivity index (χ2n) is 5.71. The van der Waals surface area contributed by atoms with Crippen LogP contribution in [-0.4, -0.2) is 30.7 Å². The smallest absolute Gasteiger partial charge is 0.128 e. The molecule has 0 spiro atoms. The van der Waals surface area contributed by atoms with E-state index in [9.17, 15) is 0 Å². The summed E-state index contributed by atoms with van der Waals surface area (Å²) in [6, 6.07) is 4.88. The Bertz CT molecular complexity index is 359. The third kappa shape index (κ3) is 3.70. The largest absolute Gasteiger partial charge is 0.356 e. The van der Waals surface area contributed by atoms with Crippen molar-refractivity contribution in [1.29, 1.82) is 0 Å². The lowest BCUT2D eigenvalue weighted by Gasteiger charge is -2.34. The molecule has 1 N–H and O–H groups in total. The molecule has 2 rings (SSSR count). The third-order valence-electron chi connectivity index (χ3n) is 3.55. The SMILES string of the molecule is Cc1ccc(N2CCCC(CNC(C)C)C2)nc1. The molecule has 1 saturated heterocycles. The minimum atomic E-state index is 0.581. The number of aryl methyl sites for hydroxylation is 1. The highest BCUT2D eigenvalue weighted by atomic mass is 15.2. The van der Waals surface area contributed by atoms with Crippen LogP contribution in [0.4, 0.5) is 5.82 Å². The van der Waals surface area contributed by atoms with Gasteiger partial charge < -0.3 is 10.2 Å². The highest BCUT2D eigenvalue weighted by Crippen LogP contribution is 2.21. The first-order valence-electron chi connectivity index (χ1n) is 7.06. The topological polar surface area (TPSA) is 28.2 Å². The second-order valence-corrected chi connectivity index (χ2v) is 5.71. The number of nitrogens with zero attached hydrogens (tertiary/aromatic N) is 2. The van der Waals surface area contributed by atoms with Crippen LogP contribution in [0.15, 0.2) is 18.3 Å². The Morgan fingerprint density at radius 1 is 1.44 bits per heavy atom. The Labute approximate surface area is 111 Å². The summed E-state index contributed by atoms with van der Waals surface area (Å²) >= 11 is 0. The number of rotatable bonds is 4.